The molecule has 1 aromatic heterocycles. The molecule has 0 bridgehead atoms. The second-order valence-corrected chi connectivity index (χ2v) is 1.52. The Balaban J connectivity index is 0.000000371. The van der Waals surface area contributed by atoms with Gasteiger partial charge in [0.15, 0.2) is 0 Å². The third-order valence-corrected chi connectivity index (χ3v) is 0.809. The lowest BCUT2D eigenvalue weighted by molar-refractivity contribution is 1.39. The topological polar surface area (TPSA) is 38.9 Å². The number of anilines is 1. The summed E-state index contributed by atoms with van der Waals surface area (Å²) < 4.78 is 0. The standard InChI is InChI=1S/C5H5BN2.C2H6/c6-5-2-1-4(7)3-8-5;1-2/h1-3H,7H2;1-2H3. The largest absolute Gasteiger partial charge is 0.397 e. The van der Waals surface area contributed by atoms with Gasteiger partial charge in [-0.15, -0.1) is 0 Å². The molecule has 52 valence electrons. The van der Waals surface area contributed by atoms with E-state index in [0.717, 1.165) is 0 Å². The molecule has 1 heterocycles. The highest BCUT2D eigenvalue weighted by Crippen LogP contribution is 1.90. The van der Waals surface area contributed by atoms with E-state index in [0.29, 0.717) is 11.3 Å². The summed E-state index contributed by atoms with van der Waals surface area (Å²) >= 11 is 0. The Morgan fingerprint density at radius 3 is 2.30 bits per heavy atom. The van der Waals surface area contributed by atoms with E-state index in [1.807, 2.05) is 13.8 Å². The van der Waals surface area contributed by atoms with Crippen molar-refractivity contribution in [3.05, 3.63) is 18.3 Å². The van der Waals surface area contributed by atoms with Crippen LogP contribution in [-0.2, 0) is 0 Å². The fraction of sp³-hybridized carbons (Fsp3) is 0.286. The number of aromatic nitrogens is 1. The molecule has 0 aliphatic heterocycles. The summed E-state index contributed by atoms with van der Waals surface area (Å²) in [4.78, 5) is 3.73. The summed E-state index contributed by atoms with van der Waals surface area (Å²) in [6.45, 7) is 4.00. The van der Waals surface area contributed by atoms with E-state index >= 15 is 0 Å². The maximum absolute atomic E-state index is 5.31. The molecule has 0 saturated heterocycles. The molecule has 0 aromatic carbocycles. The normalized spacial score (nSPS) is 7.80. The van der Waals surface area contributed by atoms with E-state index in [-0.39, 0.29) is 0 Å². The van der Waals surface area contributed by atoms with Crippen LogP contribution in [0.2, 0.25) is 0 Å². The number of hydrogen-bond donors (Lipinski definition) is 1. The number of rotatable bonds is 0. The van der Waals surface area contributed by atoms with Crippen LogP contribution < -0.4 is 11.3 Å². The molecule has 3 heteroatoms. The first-order valence-corrected chi connectivity index (χ1v) is 3.26. The summed E-state index contributed by atoms with van der Waals surface area (Å²) in [5.41, 5.74) is 6.45. The Labute approximate surface area is 62.9 Å². The zero-order chi connectivity index (χ0) is 7.98. The third kappa shape index (κ3) is 3.12. The average molecular weight is 134 g/mol. The first-order valence-electron chi connectivity index (χ1n) is 3.26. The summed E-state index contributed by atoms with van der Waals surface area (Å²) in [5.74, 6) is 0. The highest BCUT2D eigenvalue weighted by Gasteiger charge is 1.81. The minimum absolute atomic E-state index is 0.499. The summed E-state index contributed by atoms with van der Waals surface area (Å²) in [6.07, 6.45) is 1.52. The van der Waals surface area contributed by atoms with Gasteiger partial charge in [-0.2, -0.15) is 0 Å². The van der Waals surface area contributed by atoms with E-state index in [9.17, 15) is 0 Å². The van der Waals surface area contributed by atoms with Gasteiger partial charge in [-0.1, -0.05) is 13.8 Å². The van der Waals surface area contributed by atoms with Crippen LogP contribution in [0.3, 0.4) is 0 Å². The van der Waals surface area contributed by atoms with Crippen LogP contribution >= 0.6 is 0 Å². The predicted octanol–water partition coefficient (Wildman–Crippen LogP) is 0.484. The molecule has 0 aliphatic rings. The van der Waals surface area contributed by atoms with Crippen LogP contribution in [0.1, 0.15) is 13.8 Å². The molecule has 0 unspecified atom stereocenters. The fourth-order valence-electron chi connectivity index (χ4n) is 0.417. The van der Waals surface area contributed by atoms with E-state index in [2.05, 4.69) is 4.98 Å². The predicted molar refractivity (Wildman–Crippen MR) is 45.4 cm³/mol. The van der Waals surface area contributed by atoms with Crippen molar-refractivity contribution in [1.29, 1.82) is 0 Å². The molecule has 0 saturated carbocycles. The van der Waals surface area contributed by atoms with Crippen LogP contribution in [0.5, 0.6) is 0 Å². The van der Waals surface area contributed by atoms with Crippen molar-refractivity contribution in [3.63, 3.8) is 0 Å². The highest BCUT2D eigenvalue weighted by molar-refractivity contribution is 6.30. The average Bonchev–Trinajstić information content (AvgIpc) is 2.00. The Bertz CT molecular complexity index is 150. The van der Waals surface area contributed by atoms with E-state index in [1.165, 1.54) is 6.20 Å². The lowest BCUT2D eigenvalue weighted by Gasteiger charge is -1.90. The van der Waals surface area contributed by atoms with E-state index in [1.54, 1.807) is 12.1 Å². The number of nitrogens with two attached hydrogens (primary N) is 1. The molecule has 1 rings (SSSR count). The smallest absolute Gasteiger partial charge is 0.141 e. The number of nitrogen functional groups attached to an aromatic ring is 1. The Morgan fingerprint density at radius 1 is 1.40 bits per heavy atom. The first kappa shape index (κ1) is 9.01. The molecule has 0 amide bonds. The lowest BCUT2D eigenvalue weighted by atomic mass is 10.0. The van der Waals surface area contributed by atoms with Gasteiger partial charge in [0, 0.05) is 11.9 Å². The lowest BCUT2D eigenvalue weighted by Crippen LogP contribution is -2.06. The van der Waals surface area contributed by atoms with Crippen molar-refractivity contribution in [1.82, 2.24) is 4.98 Å². The molecule has 10 heavy (non-hydrogen) atoms. The zero-order valence-electron chi connectivity index (χ0n) is 6.33. The van der Waals surface area contributed by atoms with Crippen molar-refractivity contribution >= 4 is 19.1 Å². The van der Waals surface area contributed by atoms with Gasteiger partial charge in [0.05, 0.1) is 0 Å². The minimum atomic E-state index is 0.499. The molecule has 0 fully saturated rings. The van der Waals surface area contributed by atoms with Gasteiger partial charge in [-0.05, 0) is 17.7 Å². The van der Waals surface area contributed by atoms with Crippen LogP contribution in [-0.4, -0.2) is 12.8 Å². The van der Waals surface area contributed by atoms with Crippen molar-refractivity contribution in [2.75, 3.05) is 5.73 Å². The van der Waals surface area contributed by atoms with Gasteiger partial charge in [-0.3, -0.25) is 4.98 Å². The zero-order valence-corrected chi connectivity index (χ0v) is 6.33. The highest BCUT2D eigenvalue weighted by atomic mass is 14.7. The monoisotopic (exact) mass is 134 g/mol. The molecule has 2 nitrogen and oxygen atoms in total. The van der Waals surface area contributed by atoms with Crippen molar-refractivity contribution in [3.8, 4) is 0 Å². The van der Waals surface area contributed by atoms with E-state index < -0.39 is 0 Å². The van der Waals surface area contributed by atoms with Crippen LogP contribution in [0, 0.1) is 0 Å². The van der Waals surface area contributed by atoms with Crippen molar-refractivity contribution < 1.29 is 0 Å². The third-order valence-electron chi connectivity index (χ3n) is 0.809. The minimum Gasteiger partial charge on any atom is -0.397 e. The maximum atomic E-state index is 5.31. The van der Waals surface area contributed by atoms with Crippen LogP contribution in [0.4, 0.5) is 5.69 Å². The fourth-order valence-corrected chi connectivity index (χ4v) is 0.417. The van der Waals surface area contributed by atoms with Crippen LogP contribution in [0.15, 0.2) is 18.3 Å². The maximum Gasteiger partial charge on any atom is 0.141 e. The van der Waals surface area contributed by atoms with Crippen molar-refractivity contribution in [2.45, 2.75) is 13.8 Å². The Hall–Kier alpha value is -0.985. The SMILES string of the molecule is CC.[B]c1ccc(N)cn1. The molecule has 0 aliphatic carbocycles. The molecule has 2 N–H and O–H groups in total. The molecule has 1 aromatic rings. The van der Waals surface area contributed by atoms with Gasteiger partial charge < -0.3 is 5.73 Å². The van der Waals surface area contributed by atoms with Crippen molar-refractivity contribution in [2.24, 2.45) is 0 Å². The van der Waals surface area contributed by atoms with Crippen LogP contribution in [0.25, 0.3) is 0 Å². The molecule has 0 spiro atoms. The molecular weight excluding hydrogens is 123 g/mol. The first-order chi connectivity index (χ1) is 4.79. The van der Waals surface area contributed by atoms with Gasteiger partial charge in [0.1, 0.15) is 7.85 Å². The summed E-state index contributed by atoms with van der Waals surface area (Å²) in [6, 6.07) is 3.37. The van der Waals surface area contributed by atoms with Gasteiger partial charge in [0.25, 0.3) is 0 Å². The van der Waals surface area contributed by atoms with Gasteiger partial charge in [0.2, 0.25) is 0 Å². The number of nitrogens with zero attached hydrogens (tertiary/aromatic N) is 1. The summed E-state index contributed by atoms with van der Waals surface area (Å²) in [7, 11) is 5.26. The number of hydrogen-bond acceptors (Lipinski definition) is 2. The molecule has 2 radical (unpaired) electrons. The quantitative estimate of drug-likeness (QED) is 0.524. The Morgan fingerprint density at radius 2 is 2.00 bits per heavy atom. The van der Waals surface area contributed by atoms with Gasteiger partial charge in [-0.25, -0.2) is 0 Å². The summed E-state index contributed by atoms with van der Waals surface area (Å²) in [5, 5.41) is 0. The van der Waals surface area contributed by atoms with E-state index in [4.69, 9.17) is 13.6 Å². The number of pyridine rings is 1. The van der Waals surface area contributed by atoms with Gasteiger partial charge >= 0.3 is 0 Å². The Kier molecular flexibility index (Phi) is 4.38. The second-order valence-electron chi connectivity index (χ2n) is 1.52. The molecule has 0 atom stereocenters. The molecular formula is C7H11BN2. The second kappa shape index (κ2) is 4.85.